The maximum Gasteiger partial charge on any atom is 0.237 e. The molecule has 0 bridgehead atoms. The van der Waals surface area contributed by atoms with Gasteiger partial charge >= 0.3 is 0 Å². The Balaban J connectivity index is 1.62. The van der Waals surface area contributed by atoms with Gasteiger partial charge in [0.15, 0.2) is 5.16 Å². The minimum absolute atomic E-state index is 0.131. The molecule has 3 aromatic carbocycles. The molecule has 1 heterocycles. The lowest BCUT2D eigenvalue weighted by atomic mass is 10.0. The lowest BCUT2D eigenvalue weighted by Crippen LogP contribution is -2.23. The smallest absolute Gasteiger partial charge is 0.237 e. The third-order valence-corrected chi connectivity index (χ3v) is 6.76. The molecule has 180 valence electrons. The molecule has 0 fully saturated rings. The minimum Gasteiger partial charge on any atom is -0.497 e. The van der Waals surface area contributed by atoms with Crippen LogP contribution in [-0.4, -0.2) is 35.3 Å². The Kier molecular flexibility index (Phi) is 7.68. The van der Waals surface area contributed by atoms with Gasteiger partial charge in [-0.05, 0) is 80.1 Å². The number of ether oxygens (including phenoxy) is 2. The summed E-state index contributed by atoms with van der Waals surface area (Å²) in [5.41, 5.74) is 5.19. The van der Waals surface area contributed by atoms with E-state index in [2.05, 4.69) is 10.3 Å². The molecule has 8 heteroatoms. The van der Waals surface area contributed by atoms with Crippen LogP contribution in [0.2, 0.25) is 5.02 Å². The summed E-state index contributed by atoms with van der Waals surface area (Å²) in [6.07, 6.45) is 0. The Bertz CT molecular complexity index is 1260. The van der Waals surface area contributed by atoms with Crippen LogP contribution in [0.1, 0.15) is 12.5 Å². The number of thioether (sulfide) groups is 1. The number of hydrogen-bond acceptors (Lipinski definition) is 5. The molecule has 1 atom stereocenters. The third-order valence-electron chi connectivity index (χ3n) is 5.54. The number of amides is 1. The van der Waals surface area contributed by atoms with Crippen LogP contribution in [0.15, 0.2) is 71.9 Å². The molecule has 0 saturated carbocycles. The average Bonchev–Trinajstić information content (AvgIpc) is 3.30. The minimum atomic E-state index is -0.396. The standard InChI is InChI=1S/C27H26ClN3O3S/c1-16-5-10-20(28)15-23(16)29-26(32)17(2)35-27-30-24(18-6-11-21(33-3)12-7-18)25(31-27)19-8-13-22(34-4)14-9-19/h5-15,17H,1-4H3,(H,29,32)(H,30,31). The number of rotatable bonds is 8. The number of nitrogens with one attached hydrogen (secondary N) is 2. The Hall–Kier alpha value is -3.42. The number of carbonyl (C=O) groups excluding carboxylic acids is 1. The number of carbonyl (C=O) groups is 1. The molecule has 0 spiro atoms. The Morgan fingerprint density at radius 2 is 1.57 bits per heavy atom. The number of hydrogen-bond donors (Lipinski definition) is 2. The van der Waals surface area contributed by atoms with Crippen molar-refractivity contribution in [3.05, 3.63) is 77.3 Å². The van der Waals surface area contributed by atoms with Crippen molar-refractivity contribution in [2.45, 2.75) is 24.3 Å². The molecule has 4 aromatic rings. The maximum absolute atomic E-state index is 12.9. The molecule has 0 aliphatic rings. The van der Waals surface area contributed by atoms with Crippen LogP contribution in [0.25, 0.3) is 22.5 Å². The van der Waals surface area contributed by atoms with Gasteiger partial charge in [-0.1, -0.05) is 29.4 Å². The summed E-state index contributed by atoms with van der Waals surface area (Å²) in [7, 11) is 3.28. The quantitative estimate of drug-likeness (QED) is 0.255. The Morgan fingerprint density at radius 3 is 2.17 bits per heavy atom. The summed E-state index contributed by atoms with van der Waals surface area (Å²) in [6.45, 7) is 3.78. The third kappa shape index (κ3) is 5.81. The number of imidazole rings is 1. The van der Waals surface area contributed by atoms with Crippen LogP contribution in [-0.2, 0) is 4.79 Å². The summed E-state index contributed by atoms with van der Waals surface area (Å²) >= 11 is 7.46. The fourth-order valence-electron chi connectivity index (χ4n) is 3.52. The van der Waals surface area contributed by atoms with Gasteiger partial charge in [0.05, 0.1) is 30.9 Å². The summed E-state index contributed by atoms with van der Waals surface area (Å²) in [6, 6.07) is 20.9. The molecular formula is C27H26ClN3O3S. The molecule has 0 aliphatic carbocycles. The van der Waals surface area contributed by atoms with Crippen molar-refractivity contribution < 1.29 is 14.3 Å². The number of methoxy groups -OCH3 is 2. The molecule has 1 unspecified atom stereocenters. The first kappa shape index (κ1) is 24.7. The summed E-state index contributed by atoms with van der Waals surface area (Å²) in [5, 5.41) is 3.79. The van der Waals surface area contributed by atoms with Gasteiger partial charge in [0.2, 0.25) is 5.91 Å². The molecule has 0 saturated heterocycles. The highest BCUT2D eigenvalue weighted by molar-refractivity contribution is 8.00. The average molecular weight is 508 g/mol. The number of benzene rings is 3. The predicted molar refractivity (Wildman–Crippen MR) is 143 cm³/mol. The lowest BCUT2D eigenvalue weighted by molar-refractivity contribution is -0.115. The molecule has 35 heavy (non-hydrogen) atoms. The normalized spacial score (nSPS) is 11.7. The van der Waals surface area contributed by atoms with E-state index >= 15 is 0 Å². The van der Waals surface area contributed by atoms with E-state index in [4.69, 9.17) is 26.1 Å². The fraction of sp³-hybridized carbons (Fsp3) is 0.185. The van der Waals surface area contributed by atoms with Gasteiger partial charge in [-0.15, -0.1) is 0 Å². The molecule has 0 aliphatic heterocycles. The van der Waals surface area contributed by atoms with Crippen LogP contribution in [0, 0.1) is 6.92 Å². The van der Waals surface area contributed by atoms with Gasteiger partial charge in [-0.25, -0.2) is 4.98 Å². The highest BCUT2D eigenvalue weighted by Crippen LogP contribution is 2.35. The lowest BCUT2D eigenvalue weighted by Gasteiger charge is -2.12. The summed E-state index contributed by atoms with van der Waals surface area (Å²) in [5.74, 6) is 1.41. The number of aromatic nitrogens is 2. The van der Waals surface area contributed by atoms with Crippen molar-refractivity contribution in [3.63, 3.8) is 0 Å². The first-order chi connectivity index (χ1) is 16.9. The zero-order chi connectivity index (χ0) is 24.9. The van der Waals surface area contributed by atoms with Gasteiger partial charge in [-0.2, -0.15) is 0 Å². The van der Waals surface area contributed by atoms with E-state index in [0.29, 0.717) is 15.9 Å². The van der Waals surface area contributed by atoms with E-state index < -0.39 is 5.25 Å². The number of aryl methyl sites for hydroxylation is 1. The number of H-pyrrole nitrogens is 1. The van der Waals surface area contributed by atoms with Crippen LogP contribution in [0.5, 0.6) is 11.5 Å². The highest BCUT2D eigenvalue weighted by atomic mass is 35.5. The van der Waals surface area contributed by atoms with Gasteiger partial charge < -0.3 is 19.8 Å². The molecular weight excluding hydrogens is 482 g/mol. The Morgan fingerprint density at radius 1 is 0.971 bits per heavy atom. The second-order valence-corrected chi connectivity index (χ2v) is 9.70. The van der Waals surface area contributed by atoms with Crippen molar-refractivity contribution in [3.8, 4) is 34.0 Å². The molecule has 0 radical (unpaired) electrons. The van der Waals surface area contributed by atoms with E-state index in [9.17, 15) is 4.79 Å². The van der Waals surface area contributed by atoms with E-state index in [1.807, 2.05) is 68.4 Å². The van der Waals surface area contributed by atoms with E-state index in [-0.39, 0.29) is 5.91 Å². The predicted octanol–water partition coefficient (Wildman–Crippen LogP) is 6.84. The zero-order valence-electron chi connectivity index (χ0n) is 19.9. The van der Waals surface area contributed by atoms with Crippen molar-refractivity contribution in [1.82, 2.24) is 9.97 Å². The van der Waals surface area contributed by atoms with Crippen molar-refractivity contribution in [2.24, 2.45) is 0 Å². The van der Waals surface area contributed by atoms with Crippen LogP contribution in [0.4, 0.5) is 5.69 Å². The van der Waals surface area contributed by atoms with E-state index in [1.165, 1.54) is 11.8 Å². The van der Waals surface area contributed by atoms with Crippen LogP contribution >= 0.6 is 23.4 Å². The fourth-order valence-corrected chi connectivity index (χ4v) is 4.49. The van der Waals surface area contributed by atoms with Gasteiger partial charge in [0, 0.05) is 21.8 Å². The van der Waals surface area contributed by atoms with Crippen LogP contribution < -0.4 is 14.8 Å². The van der Waals surface area contributed by atoms with Crippen molar-refractivity contribution >= 4 is 35.0 Å². The van der Waals surface area contributed by atoms with Crippen molar-refractivity contribution in [1.29, 1.82) is 0 Å². The number of anilines is 1. The number of aromatic amines is 1. The van der Waals surface area contributed by atoms with Gasteiger partial charge in [0.1, 0.15) is 11.5 Å². The van der Waals surface area contributed by atoms with Crippen molar-refractivity contribution in [2.75, 3.05) is 19.5 Å². The molecule has 1 amide bonds. The SMILES string of the molecule is COc1ccc(-c2nc(SC(C)C(=O)Nc3cc(Cl)ccc3C)[nH]c2-c2ccc(OC)cc2)cc1. The second kappa shape index (κ2) is 10.9. The maximum atomic E-state index is 12.9. The Labute approximate surface area is 214 Å². The second-order valence-electron chi connectivity index (χ2n) is 7.93. The first-order valence-corrected chi connectivity index (χ1v) is 12.3. The topological polar surface area (TPSA) is 76.2 Å². The van der Waals surface area contributed by atoms with E-state index in [0.717, 1.165) is 39.6 Å². The first-order valence-electron chi connectivity index (χ1n) is 11.0. The monoisotopic (exact) mass is 507 g/mol. The largest absolute Gasteiger partial charge is 0.497 e. The molecule has 4 rings (SSSR count). The molecule has 1 aromatic heterocycles. The van der Waals surface area contributed by atoms with E-state index in [1.54, 1.807) is 26.4 Å². The molecule has 6 nitrogen and oxygen atoms in total. The number of halogens is 1. The van der Waals surface area contributed by atoms with Gasteiger partial charge in [-0.3, -0.25) is 4.79 Å². The van der Waals surface area contributed by atoms with Gasteiger partial charge in [0.25, 0.3) is 0 Å². The zero-order valence-corrected chi connectivity index (χ0v) is 21.5. The summed E-state index contributed by atoms with van der Waals surface area (Å²) in [4.78, 5) is 21.2. The highest BCUT2D eigenvalue weighted by Gasteiger charge is 2.21. The van der Waals surface area contributed by atoms with Crippen LogP contribution in [0.3, 0.4) is 0 Å². The molecule has 2 N–H and O–H groups in total. The number of nitrogens with zero attached hydrogens (tertiary/aromatic N) is 1. The summed E-state index contributed by atoms with van der Waals surface area (Å²) < 4.78 is 10.6.